The van der Waals surface area contributed by atoms with Crippen molar-refractivity contribution >= 4 is 5.91 Å². The van der Waals surface area contributed by atoms with E-state index in [4.69, 9.17) is 14.6 Å². The molecular formula is C27H31N3O3. The fourth-order valence-corrected chi connectivity index (χ4v) is 4.41. The van der Waals surface area contributed by atoms with E-state index in [0.29, 0.717) is 24.8 Å². The first-order chi connectivity index (χ1) is 16.2. The molecule has 2 heterocycles. The van der Waals surface area contributed by atoms with Gasteiger partial charge in [-0.05, 0) is 56.4 Å². The number of ether oxygens (including phenoxy) is 2. The van der Waals surface area contributed by atoms with Crippen LogP contribution in [0.15, 0.2) is 66.7 Å². The molecule has 1 amide bonds. The number of benzene rings is 2. The fraction of sp³-hybridized carbons (Fsp3) is 0.407. The minimum Gasteiger partial charge on any atom is -0.381 e. The maximum absolute atomic E-state index is 13.5. The van der Waals surface area contributed by atoms with Gasteiger partial charge in [-0.15, -0.1) is 0 Å². The van der Waals surface area contributed by atoms with Crippen molar-refractivity contribution in [3.8, 4) is 5.69 Å². The second kappa shape index (κ2) is 9.89. The monoisotopic (exact) mass is 445 g/mol. The molecule has 6 nitrogen and oxygen atoms in total. The molecule has 0 bridgehead atoms. The number of aromatic nitrogens is 2. The molecule has 33 heavy (non-hydrogen) atoms. The normalized spacial score (nSPS) is 18.6. The topological polar surface area (TPSA) is 65.4 Å². The van der Waals surface area contributed by atoms with E-state index in [0.717, 1.165) is 42.6 Å². The average Bonchev–Trinajstić information content (AvgIpc) is 3.62. The summed E-state index contributed by atoms with van der Waals surface area (Å²) in [7, 11) is 0. The molecule has 2 unspecified atom stereocenters. The van der Waals surface area contributed by atoms with Gasteiger partial charge in [-0.2, -0.15) is 5.10 Å². The molecule has 2 aliphatic rings. The molecule has 6 heteroatoms. The number of amides is 1. The molecule has 3 aromatic rings. The Labute approximate surface area is 194 Å². The quantitative estimate of drug-likeness (QED) is 0.541. The maximum atomic E-state index is 13.5. The number of hydrogen-bond donors (Lipinski definition) is 1. The summed E-state index contributed by atoms with van der Waals surface area (Å²) >= 11 is 0. The van der Waals surface area contributed by atoms with Crippen molar-refractivity contribution in [2.45, 2.75) is 56.8 Å². The number of rotatable bonds is 8. The van der Waals surface area contributed by atoms with Crippen LogP contribution in [-0.4, -0.2) is 41.0 Å². The van der Waals surface area contributed by atoms with Crippen LogP contribution >= 0.6 is 0 Å². The van der Waals surface area contributed by atoms with Crippen LogP contribution in [-0.2, 0) is 9.47 Å². The first-order valence-electron chi connectivity index (χ1n) is 11.9. The lowest BCUT2D eigenvalue weighted by atomic mass is 10.0. The molecule has 1 N–H and O–H groups in total. The summed E-state index contributed by atoms with van der Waals surface area (Å²) in [5.41, 5.74) is 3.51. The lowest BCUT2D eigenvalue weighted by molar-refractivity contribution is -0.0786. The lowest BCUT2D eigenvalue weighted by Gasteiger charge is -2.32. The van der Waals surface area contributed by atoms with Gasteiger partial charge in [0.15, 0.2) is 0 Å². The first-order valence-corrected chi connectivity index (χ1v) is 11.9. The standard InChI is InChI=1S/C27H31N3O3/c1-19(26(21-8-4-2-5-9-21)33-23-14-16-32-17-15-23)28-27(31)25-18-24(20-12-13-20)29-30(25)22-10-6-3-7-11-22/h2-11,18-20,23,26H,12-17H2,1H3,(H,28,31). The van der Waals surface area contributed by atoms with Gasteiger partial charge in [0.2, 0.25) is 0 Å². The average molecular weight is 446 g/mol. The van der Waals surface area contributed by atoms with E-state index in [1.165, 1.54) is 0 Å². The summed E-state index contributed by atoms with van der Waals surface area (Å²) in [6.45, 7) is 3.44. The highest BCUT2D eigenvalue weighted by Gasteiger charge is 2.31. The highest BCUT2D eigenvalue weighted by atomic mass is 16.5. The molecule has 2 fully saturated rings. The number of carbonyl (C=O) groups excluding carboxylic acids is 1. The maximum Gasteiger partial charge on any atom is 0.270 e. The van der Waals surface area contributed by atoms with Crippen molar-refractivity contribution in [1.29, 1.82) is 0 Å². The van der Waals surface area contributed by atoms with Crippen LogP contribution in [0.25, 0.3) is 5.69 Å². The molecule has 1 aromatic heterocycles. The van der Waals surface area contributed by atoms with Gasteiger partial charge in [-0.25, -0.2) is 4.68 Å². The third-order valence-corrected chi connectivity index (χ3v) is 6.41. The molecule has 1 aliphatic heterocycles. The van der Waals surface area contributed by atoms with Crippen LogP contribution in [0.1, 0.15) is 66.4 Å². The van der Waals surface area contributed by atoms with Gasteiger partial charge in [0, 0.05) is 19.1 Å². The molecule has 1 saturated heterocycles. The second-order valence-electron chi connectivity index (χ2n) is 9.02. The minimum atomic E-state index is -0.241. The van der Waals surface area contributed by atoms with Crippen molar-refractivity contribution in [1.82, 2.24) is 15.1 Å². The Kier molecular flexibility index (Phi) is 6.55. The Morgan fingerprint density at radius 3 is 2.36 bits per heavy atom. The third kappa shape index (κ3) is 5.18. The van der Waals surface area contributed by atoms with Crippen LogP contribution in [0, 0.1) is 0 Å². The molecule has 1 saturated carbocycles. The van der Waals surface area contributed by atoms with Crippen LogP contribution in [0.3, 0.4) is 0 Å². The van der Waals surface area contributed by atoms with Crippen LogP contribution in [0.4, 0.5) is 0 Å². The summed E-state index contributed by atoms with van der Waals surface area (Å²) in [5.74, 6) is 0.329. The Balaban J connectivity index is 1.38. The summed E-state index contributed by atoms with van der Waals surface area (Å²) < 4.78 is 13.8. The predicted octanol–water partition coefficient (Wildman–Crippen LogP) is 4.80. The largest absolute Gasteiger partial charge is 0.381 e. The van der Waals surface area contributed by atoms with Crippen LogP contribution < -0.4 is 5.32 Å². The van der Waals surface area contributed by atoms with Gasteiger partial charge in [0.05, 0.1) is 23.5 Å². The zero-order valence-electron chi connectivity index (χ0n) is 19.0. The van der Waals surface area contributed by atoms with Gasteiger partial charge in [0.25, 0.3) is 5.91 Å². The van der Waals surface area contributed by atoms with Crippen LogP contribution in [0.2, 0.25) is 0 Å². The van der Waals surface area contributed by atoms with Crippen molar-refractivity contribution < 1.29 is 14.3 Å². The van der Waals surface area contributed by atoms with Gasteiger partial charge in [0.1, 0.15) is 11.8 Å². The second-order valence-corrected chi connectivity index (χ2v) is 9.02. The van der Waals surface area contributed by atoms with Crippen LogP contribution in [0.5, 0.6) is 0 Å². The molecule has 0 spiro atoms. The molecule has 172 valence electrons. The minimum absolute atomic E-state index is 0.125. The molecule has 2 atom stereocenters. The molecule has 1 aliphatic carbocycles. The molecular weight excluding hydrogens is 414 g/mol. The number of para-hydroxylation sites is 1. The number of nitrogens with one attached hydrogen (secondary N) is 1. The van der Waals surface area contributed by atoms with Crippen molar-refractivity contribution in [2.24, 2.45) is 0 Å². The van der Waals surface area contributed by atoms with E-state index in [-0.39, 0.29) is 24.2 Å². The van der Waals surface area contributed by atoms with E-state index in [1.807, 2.05) is 61.5 Å². The Morgan fingerprint density at radius 1 is 1.03 bits per heavy atom. The summed E-state index contributed by atoms with van der Waals surface area (Å²) in [6.07, 6.45) is 3.90. The Bertz CT molecular complexity index is 1060. The Hall–Kier alpha value is -2.96. The van der Waals surface area contributed by atoms with E-state index in [2.05, 4.69) is 17.4 Å². The SMILES string of the molecule is CC(NC(=O)c1cc(C2CC2)nn1-c1ccccc1)C(OC1CCOCC1)c1ccccc1. The number of nitrogens with zero attached hydrogens (tertiary/aromatic N) is 2. The van der Waals surface area contributed by atoms with Gasteiger partial charge in [-0.3, -0.25) is 4.79 Å². The zero-order chi connectivity index (χ0) is 22.6. The highest BCUT2D eigenvalue weighted by molar-refractivity contribution is 5.93. The van der Waals surface area contributed by atoms with Crippen molar-refractivity contribution in [2.75, 3.05) is 13.2 Å². The highest BCUT2D eigenvalue weighted by Crippen LogP contribution is 2.39. The third-order valence-electron chi connectivity index (χ3n) is 6.41. The van der Waals surface area contributed by atoms with Gasteiger partial charge in [-0.1, -0.05) is 48.5 Å². The molecule has 0 radical (unpaired) electrons. The predicted molar refractivity (Wildman–Crippen MR) is 127 cm³/mol. The van der Waals surface area contributed by atoms with Gasteiger partial charge >= 0.3 is 0 Å². The van der Waals surface area contributed by atoms with E-state index < -0.39 is 0 Å². The lowest BCUT2D eigenvalue weighted by Crippen LogP contribution is -2.40. The number of hydrogen-bond acceptors (Lipinski definition) is 4. The molecule has 2 aromatic carbocycles. The first kappa shape index (κ1) is 21.9. The van der Waals surface area contributed by atoms with E-state index >= 15 is 0 Å². The summed E-state index contributed by atoms with van der Waals surface area (Å²) in [4.78, 5) is 13.5. The smallest absolute Gasteiger partial charge is 0.270 e. The Morgan fingerprint density at radius 2 is 1.70 bits per heavy atom. The van der Waals surface area contributed by atoms with E-state index in [9.17, 15) is 4.79 Å². The summed E-state index contributed by atoms with van der Waals surface area (Å²) in [5, 5.41) is 7.99. The fourth-order valence-electron chi connectivity index (χ4n) is 4.41. The van der Waals surface area contributed by atoms with E-state index in [1.54, 1.807) is 4.68 Å². The summed E-state index contributed by atoms with van der Waals surface area (Å²) in [6, 6.07) is 21.7. The molecule has 5 rings (SSSR count). The van der Waals surface area contributed by atoms with Crippen molar-refractivity contribution in [3.05, 3.63) is 83.7 Å². The zero-order valence-corrected chi connectivity index (χ0v) is 19.0. The number of carbonyl (C=O) groups is 1. The van der Waals surface area contributed by atoms with Crippen molar-refractivity contribution in [3.63, 3.8) is 0 Å². The van der Waals surface area contributed by atoms with Gasteiger partial charge < -0.3 is 14.8 Å².